The number of hydrogen-bond acceptors (Lipinski definition) is 2. The van der Waals surface area contributed by atoms with Crippen LogP contribution < -0.4 is 9.62 Å². The lowest BCUT2D eigenvalue weighted by Crippen LogP contribution is -2.33. The van der Waals surface area contributed by atoms with Gasteiger partial charge in [-0.25, -0.2) is 9.10 Å². The number of urea groups is 1. The minimum atomic E-state index is -0.306. The number of nitrogens with one attached hydrogen (secondary N) is 1. The summed E-state index contributed by atoms with van der Waals surface area (Å²) < 4.78 is 1.17. The molecule has 0 aliphatic rings. The lowest BCUT2D eigenvalue weighted by atomic mass is 10.3. The first-order chi connectivity index (χ1) is 7.06. The molecule has 0 bridgehead atoms. The Hall–Kier alpha value is -0.580. The number of halogens is 2. The normalized spacial score (nSPS) is 9.87. The Balaban J connectivity index is 2.86. The topological polar surface area (TPSA) is 32.3 Å². The van der Waals surface area contributed by atoms with Crippen molar-refractivity contribution in [2.24, 2.45) is 0 Å². The molecule has 0 radical (unpaired) electrons. The molecule has 0 spiro atoms. The molecule has 1 rings (SSSR count). The molecule has 0 aromatic heterocycles. The van der Waals surface area contributed by atoms with Gasteiger partial charge in [0.25, 0.3) is 0 Å². The number of rotatable bonds is 2. The first-order valence-electron chi connectivity index (χ1n) is 4.28. The van der Waals surface area contributed by atoms with Crippen molar-refractivity contribution in [1.29, 1.82) is 0 Å². The van der Waals surface area contributed by atoms with Crippen LogP contribution in [0.2, 0.25) is 10.0 Å². The van der Waals surface area contributed by atoms with E-state index in [2.05, 4.69) is 18.1 Å². The van der Waals surface area contributed by atoms with E-state index in [1.54, 1.807) is 18.2 Å². The number of thiol groups is 1. The van der Waals surface area contributed by atoms with Crippen LogP contribution in [-0.2, 0) is 0 Å². The number of amides is 2. The third kappa shape index (κ3) is 3.19. The number of nitrogens with zero attached hydrogens (tertiary/aromatic N) is 1. The van der Waals surface area contributed by atoms with Gasteiger partial charge in [0, 0.05) is 6.54 Å². The molecule has 0 fully saturated rings. The number of carbonyl (C=O) groups is 1. The van der Waals surface area contributed by atoms with Crippen LogP contribution in [-0.4, -0.2) is 12.6 Å². The Morgan fingerprint density at radius 1 is 1.47 bits per heavy atom. The van der Waals surface area contributed by atoms with Crippen LogP contribution in [0.1, 0.15) is 6.92 Å². The van der Waals surface area contributed by atoms with Gasteiger partial charge in [-0.05, 0) is 25.1 Å². The van der Waals surface area contributed by atoms with E-state index < -0.39 is 0 Å². The van der Waals surface area contributed by atoms with Gasteiger partial charge in [0.15, 0.2) is 0 Å². The minimum Gasteiger partial charge on any atom is -0.337 e. The molecule has 0 aliphatic carbocycles. The number of hydrogen-bond donors (Lipinski definition) is 2. The van der Waals surface area contributed by atoms with Crippen LogP contribution >= 0.6 is 36.0 Å². The van der Waals surface area contributed by atoms with Crippen molar-refractivity contribution >= 4 is 47.7 Å². The van der Waals surface area contributed by atoms with Crippen LogP contribution in [0, 0.1) is 0 Å². The average molecular weight is 265 g/mol. The fourth-order valence-corrected chi connectivity index (χ4v) is 1.45. The number of anilines is 1. The highest BCUT2D eigenvalue weighted by molar-refractivity contribution is 7.82. The fraction of sp³-hybridized carbons (Fsp3) is 0.222. The van der Waals surface area contributed by atoms with E-state index in [0.29, 0.717) is 22.3 Å². The second-order valence-electron chi connectivity index (χ2n) is 2.75. The number of benzene rings is 1. The molecule has 0 heterocycles. The Kier molecular flexibility index (Phi) is 4.57. The maximum absolute atomic E-state index is 11.4. The van der Waals surface area contributed by atoms with Gasteiger partial charge in [-0.2, -0.15) is 0 Å². The van der Waals surface area contributed by atoms with Crippen LogP contribution in [0.15, 0.2) is 18.2 Å². The first-order valence-corrected chi connectivity index (χ1v) is 5.43. The summed E-state index contributed by atoms with van der Waals surface area (Å²) in [6.45, 7) is 2.37. The molecule has 0 aliphatic heterocycles. The van der Waals surface area contributed by atoms with Crippen molar-refractivity contribution in [3.05, 3.63) is 28.2 Å². The van der Waals surface area contributed by atoms with E-state index in [0.717, 1.165) is 0 Å². The highest BCUT2D eigenvalue weighted by Crippen LogP contribution is 2.27. The summed E-state index contributed by atoms with van der Waals surface area (Å²) in [5, 5.41) is 3.44. The molecular weight excluding hydrogens is 255 g/mol. The molecule has 82 valence electrons. The molecule has 2 amide bonds. The largest absolute Gasteiger partial charge is 0.337 e. The van der Waals surface area contributed by atoms with Crippen molar-refractivity contribution < 1.29 is 4.79 Å². The van der Waals surface area contributed by atoms with Crippen LogP contribution in [0.5, 0.6) is 0 Å². The summed E-state index contributed by atoms with van der Waals surface area (Å²) in [5.74, 6) is 0. The van der Waals surface area contributed by atoms with Crippen molar-refractivity contribution in [1.82, 2.24) is 5.32 Å². The smallest absolute Gasteiger partial charge is 0.331 e. The summed E-state index contributed by atoms with van der Waals surface area (Å²) in [6, 6.07) is 4.55. The van der Waals surface area contributed by atoms with E-state index in [4.69, 9.17) is 23.2 Å². The lowest BCUT2D eigenvalue weighted by molar-refractivity contribution is 0.250. The molecule has 0 saturated carbocycles. The predicted octanol–water partition coefficient (Wildman–Crippen LogP) is 3.37. The zero-order valence-electron chi connectivity index (χ0n) is 8.00. The molecule has 0 unspecified atom stereocenters. The van der Waals surface area contributed by atoms with Crippen LogP contribution in [0.25, 0.3) is 0 Å². The zero-order valence-corrected chi connectivity index (χ0v) is 10.4. The third-order valence-corrected chi connectivity index (χ3v) is 2.82. The van der Waals surface area contributed by atoms with Gasteiger partial charge in [-0.1, -0.05) is 36.0 Å². The SMILES string of the molecule is CCNC(=O)N(S)c1ccc(Cl)c(Cl)c1. The Morgan fingerprint density at radius 3 is 2.67 bits per heavy atom. The van der Waals surface area contributed by atoms with Gasteiger partial charge in [0.1, 0.15) is 0 Å². The summed E-state index contributed by atoms with van der Waals surface area (Å²) in [7, 11) is 0. The van der Waals surface area contributed by atoms with Crippen molar-refractivity contribution in [3.63, 3.8) is 0 Å². The van der Waals surface area contributed by atoms with Gasteiger partial charge < -0.3 is 5.32 Å². The molecule has 1 aromatic rings. The lowest BCUT2D eigenvalue weighted by Gasteiger charge is -2.16. The molecule has 15 heavy (non-hydrogen) atoms. The average Bonchev–Trinajstić information content (AvgIpc) is 2.21. The van der Waals surface area contributed by atoms with Gasteiger partial charge in [0.2, 0.25) is 0 Å². The van der Waals surface area contributed by atoms with E-state index in [-0.39, 0.29) is 6.03 Å². The molecule has 3 nitrogen and oxygen atoms in total. The van der Waals surface area contributed by atoms with Crippen molar-refractivity contribution in [2.45, 2.75) is 6.92 Å². The minimum absolute atomic E-state index is 0.306. The highest BCUT2D eigenvalue weighted by Gasteiger charge is 2.11. The Bertz CT molecular complexity index is 373. The van der Waals surface area contributed by atoms with E-state index in [1.807, 2.05) is 6.92 Å². The molecule has 0 atom stereocenters. The summed E-state index contributed by atoms with van der Waals surface area (Å²) in [6.07, 6.45) is 0. The predicted molar refractivity (Wildman–Crippen MR) is 67.0 cm³/mol. The molecule has 1 aromatic carbocycles. The maximum Gasteiger partial charge on any atom is 0.331 e. The van der Waals surface area contributed by atoms with E-state index in [1.165, 1.54) is 4.31 Å². The Morgan fingerprint density at radius 2 is 2.13 bits per heavy atom. The van der Waals surface area contributed by atoms with E-state index in [9.17, 15) is 4.79 Å². The molecule has 1 N–H and O–H groups in total. The van der Waals surface area contributed by atoms with Gasteiger partial charge in [0.05, 0.1) is 15.7 Å². The van der Waals surface area contributed by atoms with Crippen molar-refractivity contribution in [2.75, 3.05) is 10.8 Å². The second-order valence-corrected chi connectivity index (χ2v) is 3.96. The number of carbonyl (C=O) groups excluding carboxylic acids is 1. The maximum atomic E-state index is 11.4. The van der Waals surface area contributed by atoms with E-state index >= 15 is 0 Å². The van der Waals surface area contributed by atoms with Crippen LogP contribution in [0.4, 0.5) is 10.5 Å². The summed E-state index contributed by atoms with van der Waals surface area (Å²) in [5.41, 5.74) is 0.568. The molecular formula is C9H10Cl2N2OS. The van der Waals surface area contributed by atoms with Gasteiger partial charge >= 0.3 is 6.03 Å². The van der Waals surface area contributed by atoms with Crippen molar-refractivity contribution in [3.8, 4) is 0 Å². The zero-order chi connectivity index (χ0) is 11.4. The molecule has 6 heteroatoms. The quantitative estimate of drug-likeness (QED) is 0.789. The van der Waals surface area contributed by atoms with Crippen LogP contribution in [0.3, 0.4) is 0 Å². The molecule has 0 saturated heterocycles. The van der Waals surface area contributed by atoms with Gasteiger partial charge in [-0.3, -0.25) is 0 Å². The van der Waals surface area contributed by atoms with Gasteiger partial charge in [-0.15, -0.1) is 0 Å². The monoisotopic (exact) mass is 264 g/mol. The summed E-state index contributed by atoms with van der Waals surface area (Å²) >= 11 is 15.6. The third-order valence-electron chi connectivity index (χ3n) is 1.67. The first kappa shape index (κ1) is 12.5. The fourth-order valence-electron chi connectivity index (χ4n) is 0.960. The second kappa shape index (κ2) is 5.49. The summed E-state index contributed by atoms with van der Waals surface area (Å²) in [4.78, 5) is 11.4. The standard InChI is InChI=1S/C9H10Cl2N2OS/c1-2-12-9(14)13(15)6-3-4-7(10)8(11)5-6/h3-5,15H,2H2,1H3,(H,12,14). The Labute approximate surface area is 104 Å². The highest BCUT2D eigenvalue weighted by atomic mass is 35.5.